The standard InChI is InChI=1S/C36H21Cl9F49NO9Si3/c37-105(38,39)7-1-4-12(5-2-8-106(40,41)42,6-3-9-107(43,44)45)10-95-11(96)13(46,47)14(48,49)21(62,63)97-28(76,77)29(78,79)98-22(64,65)15(50,51)16(52,53)23(66,67)99-30(80,81)31(82,83)100-24(68,69)17(54,55)18(56,57)25(70,71)101-32(84,85)33(86,87)102-26(72,73)19(58,59)20(60,61)27(74,75)103-34(88,89)35(90,91)104-36(92,93)94/h1-10H2,(H,95,96). The topological polar surface area (TPSA) is 103 Å². The van der Waals surface area contributed by atoms with E-state index in [2.05, 4.69) is 0 Å². The van der Waals surface area contributed by atoms with Gasteiger partial charge < -0.3 is 5.32 Å². The first-order valence-corrected chi connectivity index (χ1v) is 40.2. The van der Waals surface area contributed by atoms with Gasteiger partial charge in [-0.3, -0.25) is 4.79 Å². The number of carbonyl (C=O) groups excluding carboxylic acids is 1. The normalized spacial score (nSPS) is 16.5. The molecule has 1 N–H and O–H groups in total. The fourth-order valence-electron chi connectivity index (χ4n) is 6.63. The highest BCUT2D eigenvalue weighted by atomic mass is 35.9. The molecule has 0 heterocycles. The molecule has 10 nitrogen and oxygen atoms in total. The fraction of sp³-hybridized carbons (Fsp3) is 0.972. The molecule has 0 rings (SSSR count). The van der Waals surface area contributed by atoms with E-state index in [1.54, 1.807) is 0 Å². The van der Waals surface area contributed by atoms with Crippen molar-refractivity contribution in [1.29, 1.82) is 0 Å². The molecule has 0 unspecified atom stereocenters. The Labute approximate surface area is 598 Å². The molecule has 0 aliphatic rings. The Morgan fingerprint density at radius 3 is 0.533 bits per heavy atom. The molecule has 0 radical (unpaired) electrons. The minimum Gasteiger partial charge on any atom is -0.350 e. The van der Waals surface area contributed by atoms with Crippen molar-refractivity contribution in [3.05, 3.63) is 0 Å². The lowest BCUT2D eigenvalue weighted by atomic mass is 9.75. The number of hydrogen-bond acceptors (Lipinski definition) is 9. The third kappa shape index (κ3) is 23.4. The molecule has 0 aromatic carbocycles. The van der Waals surface area contributed by atoms with Crippen molar-refractivity contribution in [3.63, 3.8) is 0 Å². The zero-order chi connectivity index (χ0) is 87.0. The summed E-state index contributed by atoms with van der Waals surface area (Å²) in [7, 11) is 0. The van der Waals surface area contributed by atoms with E-state index in [9.17, 15) is 220 Å². The summed E-state index contributed by atoms with van der Waals surface area (Å²) in [6.45, 7) is -1.56. The molecule has 642 valence electrons. The van der Waals surface area contributed by atoms with Gasteiger partial charge in [-0.1, -0.05) is 19.3 Å². The Bertz CT molecular complexity index is 2940. The molecule has 0 aliphatic carbocycles. The maximum Gasteiger partial charge on any atom is 0.527 e. The minimum atomic E-state index is -9.77. The van der Waals surface area contributed by atoms with Gasteiger partial charge in [0.15, 0.2) is 0 Å². The summed E-state index contributed by atoms with van der Waals surface area (Å²) < 4.78 is 690. The molecule has 0 bridgehead atoms. The first-order chi connectivity index (χ1) is 45.7. The largest absolute Gasteiger partial charge is 0.527 e. The average molecular weight is 1950 g/mol. The van der Waals surface area contributed by atoms with E-state index in [0.29, 0.717) is 18.9 Å². The van der Waals surface area contributed by atoms with Crippen molar-refractivity contribution in [1.82, 2.24) is 5.32 Å². The molecule has 0 fully saturated rings. The lowest BCUT2D eigenvalue weighted by Gasteiger charge is -2.41. The Morgan fingerprint density at radius 1 is 0.234 bits per heavy atom. The summed E-state index contributed by atoms with van der Waals surface area (Å²) in [5.41, 5.74) is -1.94. The number of halogens is 58. The van der Waals surface area contributed by atoms with Crippen LogP contribution < -0.4 is 5.32 Å². The molecule has 0 spiro atoms. The molecule has 0 saturated heterocycles. The monoisotopic (exact) mass is 1940 g/mol. The van der Waals surface area contributed by atoms with Crippen LogP contribution in [0.2, 0.25) is 18.1 Å². The van der Waals surface area contributed by atoms with Gasteiger partial charge in [-0.2, -0.15) is 202 Å². The number of rotatable bonds is 45. The first-order valence-electron chi connectivity index (χ1n) is 24.5. The second-order valence-electron chi connectivity index (χ2n) is 20.2. The Morgan fingerprint density at radius 2 is 0.383 bits per heavy atom. The van der Waals surface area contributed by atoms with Crippen LogP contribution in [0.1, 0.15) is 38.5 Å². The van der Waals surface area contributed by atoms with Crippen molar-refractivity contribution in [2.45, 2.75) is 202 Å². The van der Waals surface area contributed by atoms with Crippen LogP contribution in [-0.2, 0) is 42.7 Å². The average Bonchev–Trinajstić information content (AvgIpc) is 0.726. The summed E-state index contributed by atoms with van der Waals surface area (Å²) in [6.07, 6.45) is -145. The maximum atomic E-state index is 15.0. The predicted molar refractivity (Wildman–Crippen MR) is 256 cm³/mol. The molecular formula is C36H21Cl9F49NO9Si3. The van der Waals surface area contributed by atoms with E-state index in [1.807, 2.05) is 0 Å². The number of alkyl halides is 49. The summed E-state index contributed by atoms with van der Waals surface area (Å²) >= 11 is 51.8. The molecule has 0 aromatic heterocycles. The van der Waals surface area contributed by atoms with Crippen molar-refractivity contribution >= 4 is 124 Å². The van der Waals surface area contributed by atoms with Crippen LogP contribution >= 0.6 is 99.7 Å². The maximum absolute atomic E-state index is 15.0. The summed E-state index contributed by atoms with van der Waals surface area (Å²) in [6, 6.07) is -12.4. The second kappa shape index (κ2) is 31.8. The Balaban J connectivity index is 7.21. The number of ether oxygens (including phenoxy) is 8. The van der Waals surface area contributed by atoms with Crippen molar-refractivity contribution < 1.29 is 258 Å². The molecule has 0 saturated carbocycles. The molecular weight excluding hydrogens is 1920 g/mol. The van der Waals surface area contributed by atoms with Gasteiger partial charge >= 0.3 is 163 Å². The number of carbonyl (C=O) groups is 1. The van der Waals surface area contributed by atoms with E-state index < -0.39 is 219 Å². The van der Waals surface area contributed by atoms with Gasteiger partial charge in [0.25, 0.3) is 5.91 Å². The van der Waals surface area contributed by atoms with Gasteiger partial charge in [-0.15, -0.1) is 113 Å². The number of amides is 1. The van der Waals surface area contributed by atoms with Crippen LogP contribution in [0, 0.1) is 5.41 Å². The summed E-state index contributed by atoms with van der Waals surface area (Å²) in [5, 5.41) is 0.866. The van der Waals surface area contributed by atoms with E-state index >= 15 is 0 Å². The van der Waals surface area contributed by atoms with E-state index in [4.69, 9.17) is 99.7 Å². The van der Waals surface area contributed by atoms with Crippen LogP contribution in [0.25, 0.3) is 0 Å². The molecule has 0 aromatic rings. The SMILES string of the molecule is O=C(NCC(CCC[Si](Cl)(Cl)Cl)(CCC[Si](Cl)(Cl)Cl)CCC[Si](Cl)(Cl)Cl)C(F)(F)C(F)(F)C(F)(F)OC(F)(F)C(F)(F)OC(F)(F)C(F)(F)C(F)(F)C(F)(F)OC(F)(F)C(F)(F)OC(F)(F)C(F)(F)C(F)(F)C(F)(F)OC(F)(F)C(F)(F)OC(F)(F)C(F)(F)C(F)(F)C(F)(F)OC(F)(F)C(F)(F)OC(F)(F)F. The zero-order valence-electron chi connectivity index (χ0n) is 47.7. The third-order valence-electron chi connectivity index (χ3n) is 11.9. The lowest BCUT2D eigenvalue weighted by Crippen LogP contribution is -2.69. The van der Waals surface area contributed by atoms with E-state index in [0.717, 1.165) is 19.5 Å². The molecule has 0 aliphatic heterocycles. The highest BCUT2D eigenvalue weighted by Gasteiger charge is 2.92. The van der Waals surface area contributed by atoms with Crippen LogP contribution in [0.3, 0.4) is 0 Å². The third-order valence-corrected chi connectivity index (χ3v) is 19.8. The van der Waals surface area contributed by atoms with Gasteiger partial charge in [0.1, 0.15) is 0 Å². The first kappa shape index (κ1) is 106. The van der Waals surface area contributed by atoms with Gasteiger partial charge in [0.05, 0.1) is 0 Å². The minimum absolute atomic E-state index is 0.384. The van der Waals surface area contributed by atoms with Gasteiger partial charge in [0, 0.05) is 6.54 Å². The zero-order valence-corrected chi connectivity index (χ0v) is 57.5. The summed E-state index contributed by atoms with van der Waals surface area (Å²) in [5.74, 6) is -77.2. The van der Waals surface area contributed by atoms with Crippen molar-refractivity contribution in [3.8, 4) is 0 Å². The molecule has 107 heavy (non-hydrogen) atoms. The molecule has 71 heteroatoms. The number of hydrogen-bond donors (Lipinski definition) is 1. The Hall–Kier alpha value is -1.02. The van der Waals surface area contributed by atoms with E-state index in [1.165, 1.54) is 4.74 Å². The predicted octanol–water partition coefficient (Wildman–Crippen LogP) is 23.0. The molecule has 0 atom stereocenters. The number of nitrogens with one attached hydrogen (secondary N) is 1. The van der Waals surface area contributed by atoms with Crippen LogP contribution in [0.5, 0.6) is 0 Å². The second-order valence-corrected chi connectivity index (χ2v) is 48.0. The quantitative estimate of drug-likeness (QED) is 0.0363. The van der Waals surface area contributed by atoms with Gasteiger partial charge in [0.2, 0.25) is 0 Å². The van der Waals surface area contributed by atoms with Crippen molar-refractivity contribution in [2.75, 3.05) is 6.54 Å². The lowest BCUT2D eigenvalue weighted by molar-refractivity contribution is -0.581. The van der Waals surface area contributed by atoms with Crippen LogP contribution in [0.4, 0.5) is 215 Å². The van der Waals surface area contributed by atoms with Gasteiger partial charge in [-0.25, -0.2) is 37.9 Å². The van der Waals surface area contributed by atoms with Gasteiger partial charge in [-0.05, 0) is 42.8 Å². The van der Waals surface area contributed by atoms with Crippen LogP contribution in [-0.4, -0.2) is 176 Å². The fourth-order valence-corrected chi connectivity index (χ4v) is 12.0. The highest BCUT2D eigenvalue weighted by Crippen LogP contribution is 2.64. The van der Waals surface area contributed by atoms with Crippen LogP contribution in [0.15, 0.2) is 0 Å². The Kier molecular flexibility index (Phi) is 31.5. The summed E-state index contributed by atoms with van der Waals surface area (Å²) in [4.78, 5) is 12.5. The van der Waals surface area contributed by atoms with E-state index in [-0.39, 0.29) is 19.3 Å². The highest BCUT2D eigenvalue weighted by molar-refractivity contribution is 7.65. The smallest absolute Gasteiger partial charge is 0.350 e. The molecule has 1 amide bonds. The van der Waals surface area contributed by atoms with Crippen molar-refractivity contribution in [2.24, 2.45) is 5.41 Å².